The summed E-state index contributed by atoms with van der Waals surface area (Å²) in [5.41, 5.74) is 0. The van der Waals surface area contributed by atoms with Crippen molar-refractivity contribution >= 4 is 15.9 Å². The van der Waals surface area contributed by atoms with Gasteiger partial charge in [0.25, 0.3) is 0 Å². The van der Waals surface area contributed by atoms with E-state index in [1.165, 1.54) is 32.1 Å². The molecular weight excluding hydrogens is 212 g/mol. The fourth-order valence-corrected chi connectivity index (χ4v) is 1.27. The average Bonchev–Trinajstić information content (AvgIpc) is 2.25. The van der Waals surface area contributed by atoms with Crippen LogP contribution in [0.25, 0.3) is 0 Å². The Bertz CT molecular complexity index is 96.1. The van der Waals surface area contributed by atoms with Gasteiger partial charge in [0.05, 0.1) is 0 Å². The predicted molar refractivity (Wildman–Crippen MR) is 61.6 cm³/mol. The zero-order valence-electron chi connectivity index (χ0n) is 8.57. The van der Waals surface area contributed by atoms with Gasteiger partial charge in [0.1, 0.15) is 0 Å². The second kappa shape index (κ2) is 13.6. The van der Waals surface area contributed by atoms with Crippen LogP contribution in [0.4, 0.5) is 0 Å². The first-order valence-electron chi connectivity index (χ1n) is 4.77. The van der Waals surface area contributed by atoms with E-state index >= 15 is 0 Å². The quantitative estimate of drug-likeness (QED) is 0.433. The van der Waals surface area contributed by atoms with Crippen LogP contribution in [0.2, 0.25) is 0 Å². The predicted octanol–water partition coefficient (Wildman–Crippen LogP) is 4.24. The van der Waals surface area contributed by atoms with Crippen LogP contribution in [-0.4, -0.2) is 5.83 Å². The van der Waals surface area contributed by atoms with Crippen LogP contribution in [0, 0.1) is 18.3 Å². The lowest BCUT2D eigenvalue weighted by Crippen LogP contribution is -2.02. The van der Waals surface area contributed by atoms with Crippen molar-refractivity contribution in [1.82, 2.24) is 0 Å². The summed E-state index contributed by atoms with van der Waals surface area (Å²) >= 11 is 2.94. The van der Waals surface area contributed by atoms with Gasteiger partial charge in [0.15, 0.2) is 0 Å². The molecule has 0 saturated heterocycles. The summed E-state index contributed by atoms with van der Waals surface area (Å²) in [5.74, 6) is 5.23. The topological polar surface area (TPSA) is 0 Å². The maximum Gasteiger partial charge on any atom is 0.0200 e. The molecule has 0 heterocycles. The van der Waals surface area contributed by atoms with Gasteiger partial charge in [0.2, 0.25) is 0 Å². The van der Waals surface area contributed by atoms with Gasteiger partial charge < -0.3 is 0 Å². The molecule has 1 aliphatic carbocycles. The summed E-state index contributed by atoms with van der Waals surface area (Å²) in [5, 5.41) is 0. The van der Waals surface area contributed by atoms with E-state index in [0.717, 1.165) is 0 Å². The Kier molecular flexibility index (Phi) is 16.5. The maximum atomic E-state index is 5.25. The van der Waals surface area contributed by atoms with Crippen molar-refractivity contribution in [1.29, 1.82) is 0 Å². The highest BCUT2D eigenvalue weighted by atomic mass is 79.9. The third-order valence-electron chi connectivity index (χ3n) is 1.84. The lowest BCUT2D eigenvalue weighted by atomic mass is 9.90. The second-order valence-corrected chi connectivity index (χ2v) is 2.50. The van der Waals surface area contributed by atoms with Crippen LogP contribution in [0.15, 0.2) is 0 Å². The zero-order valence-corrected chi connectivity index (χ0v) is 10.2. The maximum absolute atomic E-state index is 5.25. The van der Waals surface area contributed by atoms with E-state index < -0.39 is 0 Å². The van der Waals surface area contributed by atoms with Crippen LogP contribution in [0.3, 0.4) is 0 Å². The Morgan fingerprint density at radius 1 is 1.08 bits per heavy atom. The Morgan fingerprint density at radius 3 is 1.75 bits per heavy atom. The summed E-state index contributed by atoms with van der Waals surface area (Å²) < 4.78 is 0. The van der Waals surface area contributed by atoms with Gasteiger partial charge in [-0.3, -0.25) is 0 Å². The summed E-state index contributed by atoms with van der Waals surface area (Å²) in [7, 11) is 0. The molecule has 0 amide bonds. The van der Waals surface area contributed by atoms with Crippen molar-refractivity contribution in [3.05, 3.63) is 0 Å². The van der Waals surface area contributed by atoms with Gasteiger partial charge in [-0.05, 0) is 18.7 Å². The number of alkyl halides is 1. The van der Waals surface area contributed by atoms with Crippen molar-refractivity contribution in [3.8, 4) is 12.3 Å². The minimum absolute atomic E-state index is 0.615. The molecule has 0 N–H and O–H groups in total. The molecule has 0 atom stereocenters. The fourth-order valence-electron chi connectivity index (χ4n) is 1.27. The van der Waals surface area contributed by atoms with Gasteiger partial charge >= 0.3 is 0 Å². The van der Waals surface area contributed by atoms with Crippen LogP contribution in [0.1, 0.15) is 46.0 Å². The molecule has 0 unspecified atom stereocenters. The van der Waals surface area contributed by atoms with E-state index in [2.05, 4.69) is 21.9 Å². The zero-order chi connectivity index (χ0) is 9.82. The summed E-state index contributed by atoms with van der Waals surface area (Å²) in [4.78, 5) is 0. The molecule has 0 radical (unpaired) electrons. The van der Waals surface area contributed by atoms with Gasteiger partial charge in [-0.2, -0.15) is 0 Å². The van der Waals surface area contributed by atoms with E-state index in [9.17, 15) is 0 Å². The molecule has 72 valence electrons. The molecule has 0 nitrogen and oxygen atoms in total. The lowest BCUT2D eigenvalue weighted by Gasteiger charge is -2.14. The lowest BCUT2D eigenvalue weighted by molar-refractivity contribution is 0.430. The number of terminal acetylenes is 1. The second-order valence-electron chi connectivity index (χ2n) is 2.50. The van der Waals surface area contributed by atoms with Gasteiger partial charge in [-0.15, -0.1) is 12.3 Å². The minimum atomic E-state index is 0.615. The van der Waals surface area contributed by atoms with E-state index in [-0.39, 0.29) is 0 Å². The van der Waals surface area contributed by atoms with Crippen LogP contribution in [0.5, 0.6) is 0 Å². The van der Waals surface area contributed by atoms with Crippen molar-refractivity contribution in [3.63, 3.8) is 0 Å². The Hall–Kier alpha value is 0.0400. The number of hydrogen-bond acceptors (Lipinski definition) is 0. The molecule has 12 heavy (non-hydrogen) atoms. The van der Waals surface area contributed by atoms with E-state index in [4.69, 9.17) is 6.42 Å². The van der Waals surface area contributed by atoms with Gasteiger partial charge in [-0.1, -0.05) is 49.0 Å². The molecule has 0 aliphatic heterocycles. The molecular formula is C11H21Br. The monoisotopic (exact) mass is 232 g/mol. The molecule has 0 spiro atoms. The molecule has 0 aromatic rings. The third kappa shape index (κ3) is 8.14. The Morgan fingerprint density at radius 2 is 1.50 bits per heavy atom. The number of hydrogen-bond donors (Lipinski definition) is 0. The highest BCUT2D eigenvalue weighted by Crippen LogP contribution is 2.22. The first kappa shape index (κ1) is 14.6. The summed E-state index contributed by atoms with van der Waals surface area (Å²) in [6.45, 7) is 4.00. The molecule has 1 aliphatic rings. The highest BCUT2D eigenvalue weighted by Gasteiger charge is 2.08. The average molecular weight is 233 g/mol. The van der Waals surface area contributed by atoms with Crippen molar-refractivity contribution in [2.45, 2.75) is 46.0 Å². The Balaban J connectivity index is 0. The largest absolute Gasteiger partial charge is 0.120 e. The van der Waals surface area contributed by atoms with Gasteiger partial charge in [-0.25, -0.2) is 0 Å². The molecule has 1 heteroatoms. The first-order chi connectivity index (χ1) is 5.93. The van der Waals surface area contributed by atoms with E-state index in [0.29, 0.717) is 5.92 Å². The fraction of sp³-hybridized carbons (Fsp3) is 0.818. The Labute approximate surface area is 86.3 Å². The standard InChI is InChI=1S/C8H12.C2H6.CH3Br/c1-2-8-6-4-3-5-7-8;2*1-2/h1,8H,3-7H2;1-2H3;1H3. The van der Waals surface area contributed by atoms with Crippen LogP contribution < -0.4 is 0 Å². The normalized spacial score (nSPS) is 15.9. The SMILES string of the molecule is C#CC1CCCCC1.CBr.CC. The van der Waals surface area contributed by atoms with Crippen molar-refractivity contribution in [2.75, 3.05) is 5.83 Å². The molecule has 1 fully saturated rings. The number of halogens is 1. The molecule has 0 aromatic carbocycles. The van der Waals surface area contributed by atoms with Gasteiger partial charge in [0, 0.05) is 5.92 Å². The molecule has 0 bridgehead atoms. The van der Waals surface area contributed by atoms with E-state index in [1.54, 1.807) is 0 Å². The van der Waals surface area contributed by atoms with Crippen LogP contribution in [-0.2, 0) is 0 Å². The molecule has 1 rings (SSSR count). The van der Waals surface area contributed by atoms with Crippen molar-refractivity contribution in [2.24, 2.45) is 5.92 Å². The summed E-state index contributed by atoms with van der Waals surface area (Å²) in [6, 6.07) is 0. The highest BCUT2D eigenvalue weighted by molar-refractivity contribution is 9.08. The third-order valence-corrected chi connectivity index (χ3v) is 1.84. The minimum Gasteiger partial charge on any atom is -0.120 e. The molecule has 1 saturated carbocycles. The van der Waals surface area contributed by atoms with Crippen LogP contribution >= 0.6 is 15.9 Å². The van der Waals surface area contributed by atoms with Crippen molar-refractivity contribution < 1.29 is 0 Å². The number of rotatable bonds is 0. The summed E-state index contributed by atoms with van der Waals surface area (Å²) in [6.07, 6.45) is 11.9. The first-order valence-corrected chi connectivity index (χ1v) is 6.36. The van der Waals surface area contributed by atoms with E-state index in [1.807, 2.05) is 19.7 Å². The smallest absolute Gasteiger partial charge is 0.0200 e. The molecule has 0 aromatic heterocycles.